The van der Waals surface area contributed by atoms with Gasteiger partial charge in [-0.1, -0.05) is 19.1 Å². The van der Waals surface area contributed by atoms with Crippen LogP contribution in [0.15, 0.2) is 42.6 Å². The van der Waals surface area contributed by atoms with Crippen molar-refractivity contribution >= 4 is 11.9 Å². The van der Waals surface area contributed by atoms with Crippen LogP contribution in [0.2, 0.25) is 0 Å². The van der Waals surface area contributed by atoms with E-state index in [2.05, 4.69) is 10.3 Å². The van der Waals surface area contributed by atoms with Crippen LogP contribution in [0.3, 0.4) is 0 Å². The monoisotopic (exact) mass is 358 g/mol. The second-order valence-corrected chi connectivity index (χ2v) is 6.32. The first-order chi connectivity index (χ1) is 12.6. The Morgan fingerprint density at radius 2 is 1.77 bits per heavy atom. The number of aromatic nitrogens is 1. The van der Waals surface area contributed by atoms with E-state index in [1.165, 1.54) is 12.1 Å². The Kier molecular flexibility index (Phi) is 5.55. The van der Waals surface area contributed by atoms with Crippen LogP contribution < -0.4 is 5.32 Å². The maximum Gasteiger partial charge on any atom is 0.318 e. The van der Waals surface area contributed by atoms with Crippen molar-refractivity contribution in [2.75, 3.05) is 26.2 Å². The molecule has 1 saturated heterocycles. The summed E-state index contributed by atoms with van der Waals surface area (Å²) in [6.07, 6.45) is 2.43. The number of benzene rings is 1. The maximum atomic E-state index is 13.1. The van der Waals surface area contributed by atoms with Gasteiger partial charge in [-0.3, -0.25) is 4.79 Å². The fourth-order valence-electron chi connectivity index (χ4n) is 3.10. The molecule has 1 aromatic heterocycles. The number of hydrogen-bond donors (Lipinski definition) is 2. The molecule has 7 heteroatoms. The maximum absolute atomic E-state index is 13.1. The van der Waals surface area contributed by atoms with E-state index in [0.717, 1.165) is 5.56 Å². The highest BCUT2D eigenvalue weighted by atomic mass is 19.1. The summed E-state index contributed by atoms with van der Waals surface area (Å²) in [4.78, 5) is 31.2. The Balaban J connectivity index is 1.54. The van der Waals surface area contributed by atoms with Crippen molar-refractivity contribution < 1.29 is 14.0 Å². The van der Waals surface area contributed by atoms with Crippen molar-refractivity contribution in [2.24, 2.45) is 0 Å². The summed E-state index contributed by atoms with van der Waals surface area (Å²) in [7, 11) is 0. The first-order valence-corrected chi connectivity index (χ1v) is 8.82. The zero-order chi connectivity index (χ0) is 18.5. The second kappa shape index (κ2) is 8.03. The lowest BCUT2D eigenvalue weighted by molar-refractivity contribution is 0.0658. The molecule has 0 spiro atoms. The van der Waals surface area contributed by atoms with Gasteiger partial charge < -0.3 is 20.1 Å². The van der Waals surface area contributed by atoms with Crippen LogP contribution in [0.5, 0.6) is 0 Å². The fraction of sp³-hybridized carbons (Fsp3) is 0.368. The van der Waals surface area contributed by atoms with Crippen LogP contribution in [-0.4, -0.2) is 52.9 Å². The molecule has 0 aliphatic carbocycles. The third-order valence-electron chi connectivity index (χ3n) is 4.66. The fourth-order valence-corrected chi connectivity index (χ4v) is 3.10. The molecule has 1 atom stereocenters. The van der Waals surface area contributed by atoms with E-state index in [9.17, 15) is 14.0 Å². The van der Waals surface area contributed by atoms with Crippen molar-refractivity contribution in [3.05, 3.63) is 59.7 Å². The highest BCUT2D eigenvalue weighted by Gasteiger charge is 2.26. The van der Waals surface area contributed by atoms with E-state index in [-0.39, 0.29) is 23.8 Å². The number of piperazine rings is 1. The van der Waals surface area contributed by atoms with E-state index in [1.807, 2.05) is 6.92 Å². The van der Waals surface area contributed by atoms with E-state index in [0.29, 0.717) is 38.3 Å². The molecule has 6 nitrogen and oxygen atoms in total. The van der Waals surface area contributed by atoms with Gasteiger partial charge in [0.1, 0.15) is 11.5 Å². The van der Waals surface area contributed by atoms with Gasteiger partial charge in [-0.05, 0) is 36.2 Å². The molecule has 1 aromatic carbocycles. The molecule has 3 rings (SSSR count). The number of nitrogens with one attached hydrogen (secondary N) is 2. The minimum atomic E-state index is -0.294. The zero-order valence-electron chi connectivity index (χ0n) is 14.7. The van der Waals surface area contributed by atoms with Crippen LogP contribution in [0.25, 0.3) is 0 Å². The quantitative estimate of drug-likeness (QED) is 0.882. The Labute approximate surface area is 152 Å². The summed E-state index contributed by atoms with van der Waals surface area (Å²) in [5, 5.41) is 3.00. The molecule has 2 heterocycles. The molecule has 2 aromatic rings. The first-order valence-electron chi connectivity index (χ1n) is 8.82. The predicted octanol–water partition coefficient (Wildman–Crippen LogP) is 2.77. The summed E-state index contributed by atoms with van der Waals surface area (Å²) in [5.74, 6) is -0.342. The molecule has 2 N–H and O–H groups in total. The minimum Gasteiger partial charge on any atom is -0.357 e. The number of amides is 3. The van der Waals surface area contributed by atoms with Gasteiger partial charge in [0.15, 0.2) is 0 Å². The van der Waals surface area contributed by atoms with E-state index in [1.54, 1.807) is 40.3 Å². The van der Waals surface area contributed by atoms with Crippen LogP contribution in [0.4, 0.5) is 9.18 Å². The highest BCUT2D eigenvalue weighted by Crippen LogP contribution is 2.18. The Morgan fingerprint density at radius 1 is 1.12 bits per heavy atom. The molecule has 26 heavy (non-hydrogen) atoms. The number of hydrogen-bond acceptors (Lipinski definition) is 2. The third-order valence-corrected chi connectivity index (χ3v) is 4.66. The zero-order valence-corrected chi connectivity index (χ0v) is 14.7. The number of nitrogens with zero attached hydrogens (tertiary/aromatic N) is 2. The molecule has 3 amide bonds. The number of halogens is 1. The predicted molar refractivity (Wildman–Crippen MR) is 96.2 cm³/mol. The number of aromatic amines is 1. The van der Waals surface area contributed by atoms with Crippen molar-refractivity contribution in [1.29, 1.82) is 0 Å². The van der Waals surface area contributed by atoms with Crippen LogP contribution in [-0.2, 0) is 0 Å². The number of carbonyl (C=O) groups excluding carboxylic acids is 2. The molecular formula is C19H23FN4O2. The minimum absolute atomic E-state index is 0.0483. The van der Waals surface area contributed by atoms with Crippen LogP contribution in [0.1, 0.15) is 35.4 Å². The van der Waals surface area contributed by atoms with Gasteiger partial charge in [0.2, 0.25) is 0 Å². The van der Waals surface area contributed by atoms with Crippen LogP contribution >= 0.6 is 0 Å². The van der Waals surface area contributed by atoms with Crippen molar-refractivity contribution in [3.8, 4) is 0 Å². The normalized spacial score (nSPS) is 15.6. The number of carbonyl (C=O) groups is 2. The molecule has 0 saturated carbocycles. The summed E-state index contributed by atoms with van der Waals surface area (Å²) in [5.41, 5.74) is 1.44. The average molecular weight is 358 g/mol. The molecule has 0 radical (unpaired) electrons. The van der Waals surface area contributed by atoms with Crippen molar-refractivity contribution in [1.82, 2.24) is 20.1 Å². The van der Waals surface area contributed by atoms with Gasteiger partial charge in [-0.2, -0.15) is 0 Å². The van der Waals surface area contributed by atoms with Gasteiger partial charge in [-0.15, -0.1) is 0 Å². The molecule has 0 bridgehead atoms. The third kappa shape index (κ3) is 4.04. The van der Waals surface area contributed by atoms with Gasteiger partial charge >= 0.3 is 6.03 Å². The summed E-state index contributed by atoms with van der Waals surface area (Å²) < 4.78 is 13.1. The SMILES string of the molecule is CC[C@@H](NC(=O)N1CCN(C(=O)c2ccc[nH]2)CC1)c1ccc(F)cc1. The van der Waals surface area contributed by atoms with Crippen molar-refractivity contribution in [3.63, 3.8) is 0 Å². The highest BCUT2D eigenvalue weighted by molar-refractivity contribution is 5.92. The standard InChI is InChI=1S/C19H23FN4O2/c1-2-16(14-5-7-15(20)8-6-14)22-19(26)24-12-10-23(11-13-24)18(25)17-4-3-9-21-17/h3-9,16,21H,2,10-13H2,1H3,(H,22,26)/t16-/m1/s1. The van der Waals surface area contributed by atoms with Gasteiger partial charge in [0, 0.05) is 32.4 Å². The van der Waals surface area contributed by atoms with Gasteiger partial charge in [0.25, 0.3) is 5.91 Å². The molecule has 138 valence electrons. The number of urea groups is 1. The molecule has 0 unspecified atom stereocenters. The van der Waals surface area contributed by atoms with Crippen LogP contribution in [0, 0.1) is 5.82 Å². The second-order valence-electron chi connectivity index (χ2n) is 6.32. The molecular weight excluding hydrogens is 335 g/mol. The van der Waals surface area contributed by atoms with Gasteiger partial charge in [-0.25, -0.2) is 9.18 Å². The Morgan fingerprint density at radius 3 is 2.35 bits per heavy atom. The Hall–Kier alpha value is -2.83. The average Bonchev–Trinajstić information content (AvgIpc) is 3.21. The van der Waals surface area contributed by atoms with E-state index >= 15 is 0 Å². The number of rotatable bonds is 4. The summed E-state index contributed by atoms with van der Waals surface area (Å²) in [6.45, 7) is 3.94. The summed E-state index contributed by atoms with van der Waals surface area (Å²) >= 11 is 0. The first kappa shape index (κ1) is 18.0. The topological polar surface area (TPSA) is 68.4 Å². The molecule has 1 aliphatic heterocycles. The van der Waals surface area contributed by atoms with Gasteiger partial charge in [0.05, 0.1) is 6.04 Å². The molecule has 1 fully saturated rings. The van der Waals surface area contributed by atoms with Crippen molar-refractivity contribution in [2.45, 2.75) is 19.4 Å². The smallest absolute Gasteiger partial charge is 0.318 e. The van der Waals surface area contributed by atoms with E-state index in [4.69, 9.17) is 0 Å². The molecule has 1 aliphatic rings. The summed E-state index contributed by atoms with van der Waals surface area (Å²) in [6, 6.07) is 9.39. The lowest BCUT2D eigenvalue weighted by atomic mass is 10.0. The number of H-pyrrole nitrogens is 1. The Bertz CT molecular complexity index is 737. The lowest BCUT2D eigenvalue weighted by Crippen LogP contribution is -2.53. The lowest BCUT2D eigenvalue weighted by Gasteiger charge is -2.35. The van der Waals surface area contributed by atoms with E-state index < -0.39 is 0 Å². The largest absolute Gasteiger partial charge is 0.357 e.